The minimum absolute atomic E-state index is 0.296. The third-order valence-corrected chi connectivity index (χ3v) is 2.12. The molecule has 2 N–H and O–H groups in total. The van der Waals surface area contributed by atoms with Crippen molar-refractivity contribution in [2.45, 2.75) is 6.92 Å². The normalized spacial score (nSPS) is 19.6. The molecule has 0 bridgehead atoms. The van der Waals surface area contributed by atoms with Gasteiger partial charge < -0.3 is 10.6 Å². The van der Waals surface area contributed by atoms with Crippen LogP contribution >= 0.6 is 0 Å². The van der Waals surface area contributed by atoms with Crippen LogP contribution < -0.4 is 5.73 Å². The molecule has 69 valence electrons. The molecule has 0 aromatic rings. The van der Waals surface area contributed by atoms with Crippen molar-refractivity contribution in [2.75, 3.05) is 32.7 Å². The average molecular weight is 170 g/mol. The fourth-order valence-corrected chi connectivity index (χ4v) is 1.41. The highest BCUT2D eigenvalue weighted by atomic mass is 16.2. The predicted octanol–water partition coefficient (Wildman–Crippen LogP) is -0.0931. The SMILES string of the molecule is C[CH]CN1CCN(C(N)=O)CC1. The van der Waals surface area contributed by atoms with Crippen LogP contribution in [-0.4, -0.2) is 48.6 Å². The Bertz CT molecular complexity index is 152. The fraction of sp³-hybridized carbons (Fsp3) is 0.750. The van der Waals surface area contributed by atoms with Gasteiger partial charge in [-0.1, -0.05) is 6.92 Å². The topological polar surface area (TPSA) is 49.6 Å². The van der Waals surface area contributed by atoms with Crippen LogP contribution in [-0.2, 0) is 0 Å². The third kappa shape index (κ3) is 2.37. The Hall–Kier alpha value is -0.770. The van der Waals surface area contributed by atoms with Crippen molar-refractivity contribution in [3.8, 4) is 0 Å². The van der Waals surface area contributed by atoms with Crippen LogP contribution in [0.2, 0.25) is 0 Å². The van der Waals surface area contributed by atoms with Crippen LogP contribution in [0, 0.1) is 6.42 Å². The van der Waals surface area contributed by atoms with Gasteiger partial charge in [0.2, 0.25) is 0 Å². The van der Waals surface area contributed by atoms with Crippen molar-refractivity contribution in [3.05, 3.63) is 6.42 Å². The van der Waals surface area contributed by atoms with E-state index in [1.165, 1.54) is 0 Å². The first-order valence-corrected chi connectivity index (χ1v) is 4.28. The van der Waals surface area contributed by atoms with E-state index in [0.717, 1.165) is 32.7 Å². The first kappa shape index (κ1) is 9.32. The number of carbonyl (C=O) groups is 1. The summed E-state index contributed by atoms with van der Waals surface area (Å²) in [6.45, 7) is 6.46. The molecule has 1 radical (unpaired) electrons. The zero-order chi connectivity index (χ0) is 8.97. The Labute approximate surface area is 73.3 Å². The maximum Gasteiger partial charge on any atom is 0.314 e. The van der Waals surface area contributed by atoms with Crippen LogP contribution in [0.1, 0.15) is 6.92 Å². The second kappa shape index (κ2) is 4.30. The number of amides is 2. The predicted molar refractivity (Wildman–Crippen MR) is 47.6 cm³/mol. The summed E-state index contributed by atoms with van der Waals surface area (Å²) in [6, 6.07) is -0.296. The lowest BCUT2D eigenvalue weighted by Gasteiger charge is -2.33. The van der Waals surface area contributed by atoms with Crippen molar-refractivity contribution in [3.63, 3.8) is 0 Å². The summed E-state index contributed by atoms with van der Waals surface area (Å²) < 4.78 is 0. The number of carbonyl (C=O) groups excluding carboxylic acids is 1. The number of hydrogen-bond acceptors (Lipinski definition) is 2. The highest BCUT2D eigenvalue weighted by Gasteiger charge is 2.17. The zero-order valence-electron chi connectivity index (χ0n) is 7.49. The Morgan fingerprint density at radius 3 is 2.42 bits per heavy atom. The van der Waals surface area contributed by atoms with Crippen LogP contribution in [0.3, 0.4) is 0 Å². The zero-order valence-corrected chi connectivity index (χ0v) is 7.49. The van der Waals surface area contributed by atoms with Crippen molar-refractivity contribution in [2.24, 2.45) is 5.73 Å². The second-order valence-corrected chi connectivity index (χ2v) is 3.03. The van der Waals surface area contributed by atoms with E-state index in [1.807, 2.05) is 6.92 Å². The molecule has 0 unspecified atom stereocenters. The fourth-order valence-electron chi connectivity index (χ4n) is 1.41. The number of rotatable bonds is 2. The Morgan fingerprint density at radius 1 is 1.42 bits per heavy atom. The molecule has 0 atom stereocenters. The van der Waals surface area contributed by atoms with Gasteiger partial charge in [0.05, 0.1) is 0 Å². The molecular formula is C8H16N3O. The van der Waals surface area contributed by atoms with Gasteiger partial charge in [-0.15, -0.1) is 0 Å². The highest BCUT2D eigenvalue weighted by Crippen LogP contribution is 2.00. The molecule has 1 aliphatic heterocycles. The maximum atomic E-state index is 10.7. The molecular weight excluding hydrogens is 154 g/mol. The number of hydrogen-bond donors (Lipinski definition) is 1. The van der Waals surface area contributed by atoms with Crippen LogP contribution in [0.4, 0.5) is 4.79 Å². The number of nitrogens with zero attached hydrogens (tertiary/aromatic N) is 2. The van der Waals surface area contributed by atoms with Crippen molar-refractivity contribution in [1.29, 1.82) is 0 Å². The smallest absolute Gasteiger partial charge is 0.314 e. The number of nitrogens with two attached hydrogens (primary N) is 1. The summed E-state index contributed by atoms with van der Waals surface area (Å²) in [7, 11) is 0. The third-order valence-electron chi connectivity index (χ3n) is 2.12. The van der Waals surface area contributed by atoms with E-state index in [2.05, 4.69) is 11.3 Å². The molecule has 2 amide bonds. The van der Waals surface area contributed by atoms with Gasteiger partial charge >= 0.3 is 6.03 Å². The number of primary amides is 1. The Kier molecular flexibility index (Phi) is 3.34. The largest absolute Gasteiger partial charge is 0.351 e. The molecule has 1 saturated heterocycles. The van der Waals surface area contributed by atoms with E-state index < -0.39 is 0 Å². The van der Waals surface area contributed by atoms with Gasteiger partial charge in [0.1, 0.15) is 0 Å². The molecule has 1 fully saturated rings. The standard InChI is InChI=1S/C8H16N3O/c1-2-3-10-4-6-11(7-5-10)8(9)12/h2H,3-7H2,1H3,(H2,9,12). The van der Waals surface area contributed by atoms with Crippen LogP contribution in [0.5, 0.6) is 0 Å². The minimum Gasteiger partial charge on any atom is -0.351 e. The molecule has 0 aromatic carbocycles. The molecule has 1 aliphatic rings. The van der Waals surface area contributed by atoms with Crippen molar-refractivity contribution >= 4 is 6.03 Å². The molecule has 0 aromatic heterocycles. The van der Waals surface area contributed by atoms with Gasteiger partial charge in [-0.2, -0.15) is 0 Å². The van der Waals surface area contributed by atoms with Crippen LogP contribution in [0.15, 0.2) is 0 Å². The number of piperazine rings is 1. The van der Waals surface area contributed by atoms with Gasteiger partial charge in [0, 0.05) is 32.7 Å². The first-order valence-electron chi connectivity index (χ1n) is 4.28. The van der Waals surface area contributed by atoms with Gasteiger partial charge in [0.15, 0.2) is 0 Å². The summed E-state index contributed by atoms with van der Waals surface area (Å²) in [4.78, 5) is 14.7. The van der Waals surface area contributed by atoms with E-state index in [4.69, 9.17) is 5.73 Å². The van der Waals surface area contributed by atoms with Gasteiger partial charge in [-0.25, -0.2) is 4.79 Å². The summed E-state index contributed by atoms with van der Waals surface area (Å²) in [5.41, 5.74) is 5.15. The lowest BCUT2D eigenvalue weighted by Crippen LogP contribution is -2.50. The monoisotopic (exact) mass is 170 g/mol. The molecule has 12 heavy (non-hydrogen) atoms. The summed E-state index contributed by atoms with van der Waals surface area (Å²) in [6.07, 6.45) is 2.12. The van der Waals surface area contributed by atoms with E-state index >= 15 is 0 Å². The van der Waals surface area contributed by atoms with Gasteiger partial charge in [-0.3, -0.25) is 4.90 Å². The molecule has 4 nitrogen and oxygen atoms in total. The lowest BCUT2D eigenvalue weighted by molar-refractivity contribution is 0.151. The molecule has 1 rings (SSSR count). The van der Waals surface area contributed by atoms with E-state index in [-0.39, 0.29) is 6.03 Å². The quantitative estimate of drug-likeness (QED) is 0.629. The average Bonchev–Trinajstić information content (AvgIpc) is 2.06. The highest BCUT2D eigenvalue weighted by molar-refractivity contribution is 5.72. The van der Waals surface area contributed by atoms with Crippen molar-refractivity contribution < 1.29 is 4.79 Å². The molecule has 0 aliphatic carbocycles. The summed E-state index contributed by atoms with van der Waals surface area (Å²) in [5, 5.41) is 0. The van der Waals surface area contributed by atoms with Gasteiger partial charge in [0.25, 0.3) is 0 Å². The maximum absolute atomic E-state index is 10.7. The van der Waals surface area contributed by atoms with Gasteiger partial charge in [-0.05, 0) is 6.42 Å². The summed E-state index contributed by atoms with van der Waals surface area (Å²) >= 11 is 0. The Morgan fingerprint density at radius 2 is 2.00 bits per heavy atom. The molecule has 1 heterocycles. The van der Waals surface area contributed by atoms with E-state index in [0.29, 0.717) is 0 Å². The second-order valence-electron chi connectivity index (χ2n) is 3.03. The Balaban J connectivity index is 2.25. The van der Waals surface area contributed by atoms with Crippen LogP contribution in [0.25, 0.3) is 0 Å². The minimum atomic E-state index is -0.296. The van der Waals surface area contributed by atoms with E-state index in [1.54, 1.807) is 4.90 Å². The summed E-state index contributed by atoms with van der Waals surface area (Å²) in [5.74, 6) is 0. The van der Waals surface area contributed by atoms with E-state index in [9.17, 15) is 4.79 Å². The number of urea groups is 1. The van der Waals surface area contributed by atoms with Crippen molar-refractivity contribution in [1.82, 2.24) is 9.80 Å². The molecule has 0 spiro atoms. The molecule has 4 heteroatoms. The molecule has 0 saturated carbocycles. The lowest BCUT2D eigenvalue weighted by atomic mass is 10.3. The first-order chi connectivity index (χ1) is 5.74.